The first kappa shape index (κ1) is 13.2. The van der Waals surface area contributed by atoms with Gasteiger partial charge in [-0.3, -0.25) is 4.90 Å². The van der Waals surface area contributed by atoms with E-state index in [1.807, 2.05) is 11.3 Å². The fourth-order valence-corrected chi connectivity index (χ4v) is 2.95. The molecule has 1 aromatic heterocycles. The van der Waals surface area contributed by atoms with Crippen LogP contribution < -0.4 is 5.32 Å². The van der Waals surface area contributed by atoms with Gasteiger partial charge in [-0.1, -0.05) is 13.8 Å². The van der Waals surface area contributed by atoms with Crippen molar-refractivity contribution >= 4 is 27.3 Å². The molecule has 0 unspecified atom stereocenters. The first-order valence-corrected chi connectivity index (χ1v) is 7.04. The topological polar surface area (TPSA) is 15.3 Å². The summed E-state index contributed by atoms with van der Waals surface area (Å²) in [5.41, 5.74) is 0. The van der Waals surface area contributed by atoms with Crippen molar-refractivity contribution in [3.05, 3.63) is 20.8 Å². The Kier molecular flexibility index (Phi) is 6.48. The smallest absolute Gasteiger partial charge is 0.0701 e. The standard InChI is InChI=1S/C11H19BrN2S/c1-3-13-7-8-14(4-2)9-10-5-6-11(12)15-10/h5-6,13H,3-4,7-9H2,1-2H3. The van der Waals surface area contributed by atoms with Crippen molar-refractivity contribution in [2.24, 2.45) is 0 Å². The molecule has 4 heteroatoms. The van der Waals surface area contributed by atoms with Gasteiger partial charge >= 0.3 is 0 Å². The first-order chi connectivity index (χ1) is 7.26. The lowest BCUT2D eigenvalue weighted by Crippen LogP contribution is -2.31. The van der Waals surface area contributed by atoms with Crippen molar-refractivity contribution in [1.82, 2.24) is 10.2 Å². The molecule has 1 rings (SSSR count). The molecular weight excluding hydrogens is 272 g/mol. The summed E-state index contributed by atoms with van der Waals surface area (Å²) in [5.74, 6) is 0. The third kappa shape index (κ3) is 5.11. The fourth-order valence-electron chi connectivity index (χ4n) is 1.42. The number of nitrogens with zero attached hydrogens (tertiary/aromatic N) is 1. The van der Waals surface area contributed by atoms with Gasteiger partial charge in [0.2, 0.25) is 0 Å². The molecule has 0 aliphatic heterocycles. The maximum atomic E-state index is 3.50. The van der Waals surface area contributed by atoms with E-state index < -0.39 is 0 Å². The predicted octanol–water partition coefficient (Wildman–Crippen LogP) is 2.94. The van der Waals surface area contributed by atoms with Gasteiger partial charge in [0.1, 0.15) is 0 Å². The maximum absolute atomic E-state index is 3.50. The van der Waals surface area contributed by atoms with Gasteiger partial charge in [-0.05, 0) is 41.2 Å². The number of thiophene rings is 1. The summed E-state index contributed by atoms with van der Waals surface area (Å²) >= 11 is 5.32. The van der Waals surface area contributed by atoms with Crippen molar-refractivity contribution in [2.75, 3.05) is 26.2 Å². The van der Waals surface area contributed by atoms with Gasteiger partial charge in [0.25, 0.3) is 0 Å². The number of likely N-dealkylation sites (N-methyl/N-ethyl adjacent to an activating group) is 2. The van der Waals surface area contributed by atoms with Crippen LogP contribution in [0.4, 0.5) is 0 Å². The highest BCUT2D eigenvalue weighted by atomic mass is 79.9. The molecule has 0 saturated heterocycles. The van der Waals surface area contributed by atoms with Gasteiger partial charge in [-0.2, -0.15) is 0 Å². The first-order valence-electron chi connectivity index (χ1n) is 5.43. The van der Waals surface area contributed by atoms with Gasteiger partial charge in [0.15, 0.2) is 0 Å². The van der Waals surface area contributed by atoms with Gasteiger partial charge < -0.3 is 5.32 Å². The summed E-state index contributed by atoms with van der Waals surface area (Å²) in [6.45, 7) is 9.80. The Morgan fingerprint density at radius 3 is 2.73 bits per heavy atom. The lowest BCUT2D eigenvalue weighted by Gasteiger charge is -2.19. The molecule has 0 aliphatic carbocycles. The molecule has 0 aliphatic rings. The van der Waals surface area contributed by atoms with E-state index in [1.165, 1.54) is 8.66 Å². The van der Waals surface area contributed by atoms with Crippen LogP contribution in [0, 0.1) is 0 Å². The summed E-state index contributed by atoms with van der Waals surface area (Å²) in [6, 6.07) is 4.32. The monoisotopic (exact) mass is 290 g/mol. The SMILES string of the molecule is CCNCCN(CC)Cc1ccc(Br)s1. The van der Waals surface area contributed by atoms with Crippen LogP contribution in [0.1, 0.15) is 18.7 Å². The van der Waals surface area contributed by atoms with E-state index in [0.717, 1.165) is 32.7 Å². The van der Waals surface area contributed by atoms with E-state index in [0.29, 0.717) is 0 Å². The molecule has 0 radical (unpaired) electrons. The second-order valence-electron chi connectivity index (χ2n) is 3.43. The fraction of sp³-hybridized carbons (Fsp3) is 0.636. The van der Waals surface area contributed by atoms with Gasteiger partial charge in [0.05, 0.1) is 3.79 Å². The van der Waals surface area contributed by atoms with Crippen LogP contribution in [-0.2, 0) is 6.54 Å². The Bertz CT molecular complexity index is 275. The van der Waals surface area contributed by atoms with Crippen LogP contribution in [0.5, 0.6) is 0 Å². The van der Waals surface area contributed by atoms with Crippen molar-refractivity contribution in [3.8, 4) is 0 Å². The summed E-state index contributed by atoms with van der Waals surface area (Å²) in [5, 5.41) is 3.36. The van der Waals surface area contributed by atoms with Gasteiger partial charge in [-0.15, -0.1) is 11.3 Å². The Hall–Kier alpha value is 0.1000. The molecule has 0 spiro atoms. The molecule has 15 heavy (non-hydrogen) atoms. The molecule has 0 amide bonds. The van der Waals surface area contributed by atoms with Crippen LogP contribution in [0.3, 0.4) is 0 Å². The van der Waals surface area contributed by atoms with Crippen LogP contribution in [0.2, 0.25) is 0 Å². The summed E-state index contributed by atoms with van der Waals surface area (Å²) in [4.78, 5) is 3.89. The summed E-state index contributed by atoms with van der Waals surface area (Å²) < 4.78 is 1.22. The number of nitrogens with one attached hydrogen (secondary N) is 1. The minimum absolute atomic E-state index is 1.06. The predicted molar refractivity (Wildman–Crippen MR) is 71.5 cm³/mol. The number of halogens is 1. The molecule has 86 valence electrons. The highest BCUT2D eigenvalue weighted by Crippen LogP contribution is 2.23. The highest BCUT2D eigenvalue weighted by Gasteiger charge is 2.04. The van der Waals surface area contributed by atoms with Crippen molar-refractivity contribution in [1.29, 1.82) is 0 Å². The summed E-state index contributed by atoms with van der Waals surface area (Å²) in [6.07, 6.45) is 0. The van der Waals surface area contributed by atoms with Crippen LogP contribution in [-0.4, -0.2) is 31.1 Å². The quantitative estimate of drug-likeness (QED) is 0.777. The molecule has 2 nitrogen and oxygen atoms in total. The lowest BCUT2D eigenvalue weighted by molar-refractivity contribution is 0.282. The molecule has 1 heterocycles. The van der Waals surface area contributed by atoms with Crippen molar-refractivity contribution in [3.63, 3.8) is 0 Å². The molecule has 1 N–H and O–H groups in total. The highest BCUT2D eigenvalue weighted by molar-refractivity contribution is 9.11. The van der Waals surface area contributed by atoms with Gasteiger partial charge in [-0.25, -0.2) is 0 Å². The molecule has 0 bridgehead atoms. The maximum Gasteiger partial charge on any atom is 0.0701 e. The minimum atomic E-state index is 1.06. The van der Waals surface area contributed by atoms with Crippen LogP contribution in [0.25, 0.3) is 0 Å². The van der Waals surface area contributed by atoms with Crippen molar-refractivity contribution < 1.29 is 0 Å². The molecule has 0 atom stereocenters. The average Bonchev–Trinajstić information content (AvgIpc) is 2.63. The zero-order valence-electron chi connectivity index (χ0n) is 9.42. The lowest BCUT2D eigenvalue weighted by atomic mass is 10.4. The number of hydrogen-bond acceptors (Lipinski definition) is 3. The molecular formula is C11H19BrN2S. The second-order valence-corrected chi connectivity index (χ2v) is 5.98. The zero-order valence-corrected chi connectivity index (χ0v) is 11.8. The normalized spacial score (nSPS) is 11.2. The third-order valence-electron chi connectivity index (χ3n) is 2.31. The van der Waals surface area contributed by atoms with E-state index in [9.17, 15) is 0 Å². The third-order valence-corrected chi connectivity index (χ3v) is 3.92. The second kappa shape index (κ2) is 7.39. The molecule has 0 aromatic carbocycles. The van der Waals surface area contributed by atoms with E-state index in [2.05, 4.69) is 52.1 Å². The summed E-state index contributed by atoms with van der Waals surface area (Å²) in [7, 11) is 0. The number of hydrogen-bond donors (Lipinski definition) is 1. The molecule has 0 fully saturated rings. The molecule has 1 aromatic rings. The average molecular weight is 291 g/mol. The van der Waals surface area contributed by atoms with E-state index in [4.69, 9.17) is 0 Å². The van der Waals surface area contributed by atoms with Crippen LogP contribution >= 0.6 is 27.3 Å². The Labute approximate surface area is 105 Å². The minimum Gasteiger partial charge on any atom is -0.316 e. The van der Waals surface area contributed by atoms with Gasteiger partial charge in [0, 0.05) is 24.5 Å². The largest absolute Gasteiger partial charge is 0.316 e. The molecule has 0 saturated carbocycles. The van der Waals surface area contributed by atoms with Crippen LogP contribution in [0.15, 0.2) is 15.9 Å². The Morgan fingerprint density at radius 2 is 2.20 bits per heavy atom. The Balaban J connectivity index is 2.33. The Morgan fingerprint density at radius 1 is 1.40 bits per heavy atom. The van der Waals surface area contributed by atoms with E-state index in [1.54, 1.807) is 0 Å². The zero-order chi connectivity index (χ0) is 11.1. The van der Waals surface area contributed by atoms with Crippen molar-refractivity contribution in [2.45, 2.75) is 20.4 Å². The number of rotatable bonds is 7. The van der Waals surface area contributed by atoms with E-state index in [-0.39, 0.29) is 0 Å². The van der Waals surface area contributed by atoms with E-state index >= 15 is 0 Å².